The predicted octanol–water partition coefficient (Wildman–Crippen LogP) is 1.94. The average Bonchev–Trinajstić information content (AvgIpc) is 2.26. The highest BCUT2D eigenvalue weighted by Gasteiger charge is 2.30. The highest BCUT2D eigenvalue weighted by molar-refractivity contribution is 9.10. The third-order valence-electron chi connectivity index (χ3n) is 3.04. The van der Waals surface area contributed by atoms with Gasteiger partial charge in [-0.2, -0.15) is 0 Å². The number of hydrogen-bond donors (Lipinski definition) is 2. The number of nitrogens with one attached hydrogen (secondary N) is 1. The summed E-state index contributed by atoms with van der Waals surface area (Å²) in [5.41, 5.74) is 6.88. The van der Waals surface area contributed by atoms with Crippen molar-refractivity contribution in [3.63, 3.8) is 0 Å². The van der Waals surface area contributed by atoms with Gasteiger partial charge in [0, 0.05) is 18.8 Å². The van der Waals surface area contributed by atoms with Crippen molar-refractivity contribution >= 4 is 27.5 Å². The fraction of sp³-hybridized carbons (Fsp3) is 0.417. The summed E-state index contributed by atoms with van der Waals surface area (Å²) in [6.07, 6.45) is 2.04. The van der Waals surface area contributed by atoms with Crippen LogP contribution in [-0.2, 0) is 4.74 Å². The van der Waals surface area contributed by atoms with Gasteiger partial charge in [0.15, 0.2) is 0 Å². The van der Waals surface area contributed by atoms with Crippen LogP contribution in [0.2, 0.25) is 0 Å². The molecule has 0 aromatic heterocycles. The maximum atomic E-state index is 12.0. The lowest BCUT2D eigenvalue weighted by Gasteiger charge is -2.34. The van der Waals surface area contributed by atoms with Gasteiger partial charge < -0.3 is 15.8 Å². The molecule has 1 saturated carbocycles. The van der Waals surface area contributed by atoms with Gasteiger partial charge in [-0.25, -0.2) is 0 Å². The van der Waals surface area contributed by atoms with Crippen molar-refractivity contribution in [1.29, 1.82) is 0 Å². The van der Waals surface area contributed by atoms with Crippen molar-refractivity contribution in [3.05, 3.63) is 28.2 Å². The van der Waals surface area contributed by atoms with Crippen molar-refractivity contribution in [3.8, 4) is 0 Å². The van der Waals surface area contributed by atoms with E-state index in [1.165, 1.54) is 0 Å². The molecule has 1 aliphatic carbocycles. The summed E-state index contributed by atoms with van der Waals surface area (Å²) in [5.74, 6) is -0.0938. The third kappa shape index (κ3) is 2.61. The number of carbonyl (C=O) groups is 1. The van der Waals surface area contributed by atoms with E-state index in [-0.39, 0.29) is 18.1 Å². The van der Waals surface area contributed by atoms with Crippen molar-refractivity contribution in [2.45, 2.75) is 25.0 Å². The number of rotatable bonds is 3. The lowest BCUT2D eigenvalue weighted by Crippen LogP contribution is -2.47. The van der Waals surface area contributed by atoms with Gasteiger partial charge in [-0.3, -0.25) is 4.79 Å². The molecule has 2 rings (SSSR count). The van der Waals surface area contributed by atoms with Gasteiger partial charge in [-0.05, 0) is 40.9 Å². The molecule has 0 spiro atoms. The molecule has 0 bridgehead atoms. The van der Waals surface area contributed by atoms with Crippen LogP contribution in [0.3, 0.4) is 0 Å². The third-order valence-corrected chi connectivity index (χ3v) is 3.92. The number of methoxy groups -OCH3 is 1. The molecule has 0 atom stereocenters. The summed E-state index contributed by atoms with van der Waals surface area (Å²) in [4.78, 5) is 12.0. The van der Waals surface area contributed by atoms with E-state index in [9.17, 15) is 4.79 Å². The van der Waals surface area contributed by atoms with E-state index >= 15 is 0 Å². The number of ether oxygens (including phenoxy) is 1. The molecule has 5 heteroatoms. The lowest BCUT2D eigenvalue weighted by atomic mass is 9.89. The van der Waals surface area contributed by atoms with Crippen LogP contribution in [0.5, 0.6) is 0 Å². The van der Waals surface area contributed by atoms with Crippen LogP contribution < -0.4 is 11.1 Å². The van der Waals surface area contributed by atoms with Crippen LogP contribution in [0.4, 0.5) is 5.69 Å². The first-order chi connectivity index (χ1) is 8.11. The minimum absolute atomic E-state index is 0.0938. The fourth-order valence-electron chi connectivity index (χ4n) is 1.86. The molecule has 1 aromatic rings. The Labute approximate surface area is 109 Å². The first-order valence-corrected chi connectivity index (χ1v) is 6.28. The summed E-state index contributed by atoms with van der Waals surface area (Å²) >= 11 is 3.33. The van der Waals surface area contributed by atoms with Crippen LogP contribution in [0.15, 0.2) is 22.7 Å². The molecule has 1 aliphatic rings. The number of hydrogen-bond acceptors (Lipinski definition) is 3. The van der Waals surface area contributed by atoms with Crippen LogP contribution >= 0.6 is 15.9 Å². The van der Waals surface area contributed by atoms with Crippen molar-refractivity contribution < 1.29 is 9.53 Å². The predicted molar refractivity (Wildman–Crippen MR) is 69.8 cm³/mol. The number of halogens is 1. The molecule has 0 saturated heterocycles. The fourth-order valence-corrected chi connectivity index (χ4v) is 2.31. The van der Waals surface area contributed by atoms with E-state index < -0.39 is 0 Å². The Morgan fingerprint density at radius 3 is 2.88 bits per heavy atom. The molecule has 1 fully saturated rings. The van der Waals surface area contributed by atoms with Crippen molar-refractivity contribution in [2.24, 2.45) is 0 Å². The van der Waals surface area contributed by atoms with Crippen LogP contribution in [0, 0.1) is 0 Å². The number of anilines is 1. The summed E-state index contributed by atoms with van der Waals surface area (Å²) in [6, 6.07) is 5.49. The number of carbonyl (C=O) groups excluding carboxylic acids is 1. The van der Waals surface area contributed by atoms with Gasteiger partial charge in [0.05, 0.1) is 16.1 Å². The SMILES string of the molecule is COC1CC(NC(=O)c2cccc(N)c2Br)C1. The van der Waals surface area contributed by atoms with Gasteiger partial charge in [-0.1, -0.05) is 6.07 Å². The van der Waals surface area contributed by atoms with Gasteiger partial charge in [0.25, 0.3) is 5.91 Å². The van der Waals surface area contributed by atoms with Crippen LogP contribution in [0.25, 0.3) is 0 Å². The largest absolute Gasteiger partial charge is 0.398 e. The number of amides is 1. The van der Waals surface area contributed by atoms with Gasteiger partial charge in [0.2, 0.25) is 0 Å². The highest BCUT2D eigenvalue weighted by Crippen LogP contribution is 2.26. The Morgan fingerprint density at radius 2 is 2.24 bits per heavy atom. The molecule has 0 radical (unpaired) electrons. The first kappa shape index (κ1) is 12.4. The Kier molecular flexibility index (Phi) is 3.69. The molecule has 0 aliphatic heterocycles. The minimum Gasteiger partial charge on any atom is -0.398 e. The molecule has 0 heterocycles. The van der Waals surface area contributed by atoms with E-state index in [0.717, 1.165) is 12.8 Å². The zero-order chi connectivity index (χ0) is 12.4. The van der Waals surface area contributed by atoms with Gasteiger partial charge in [-0.15, -0.1) is 0 Å². The molecule has 17 heavy (non-hydrogen) atoms. The topological polar surface area (TPSA) is 64.3 Å². The normalized spacial score (nSPS) is 22.9. The number of nitrogen functional groups attached to an aromatic ring is 1. The quantitative estimate of drug-likeness (QED) is 0.838. The second-order valence-corrected chi connectivity index (χ2v) is 5.00. The Balaban J connectivity index is 1.99. The molecule has 4 nitrogen and oxygen atoms in total. The molecular formula is C12H15BrN2O2. The Bertz CT molecular complexity index is 431. The smallest absolute Gasteiger partial charge is 0.252 e. The lowest BCUT2D eigenvalue weighted by molar-refractivity contribution is 0.0176. The Hall–Kier alpha value is -1.07. The summed E-state index contributed by atoms with van der Waals surface area (Å²) in [5, 5.41) is 2.96. The van der Waals surface area contributed by atoms with E-state index in [2.05, 4.69) is 21.2 Å². The minimum atomic E-state index is -0.0938. The van der Waals surface area contributed by atoms with E-state index in [4.69, 9.17) is 10.5 Å². The molecule has 1 aromatic carbocycles. The average molecular weight is 299 g/mol. The van der Waals surface area contributed by atoms with Crippen molar-refractivity contribution in [1.82, 2.24) is 5.32 Å². The second kappa shape index (κ2) is 5.06. The van der Waals surface area contributed by atoms with Crippen LogP contribution in [-0.4, -0.2) is 25.2 Å². The van der Waals surface area contributed by atoms with E-state index in [0.29, 0.717) is 15.7 Å². The zero-order valence-electron chi connectivity index (χ0n) is 9.57. The maximum Gasteiger partial charge on any atom is 0.252 e. The summed E-state index contributed by atoms with van der Waals surface area (Å²) in [7, 11) is 1.69. The number of benzene rings is 1. The summed E-state index contributed by atoms with van der Waals surface area (Å²) in [6.45, 7) is 0. The highest BCUT2D eigenvalue weighted by atomic mass is 79.9. The van der Waals surface area contributed by atoms with E-state index in [1.54, 1.807) is 25.3 Å². The summed E-state index contributed by atoms with van der Waals surface area (Å²) < 4.78 is 5.82. The monoisotopic (exact) mass is 298 g/mol. The molecular weight excluding hydrogens is 284 g/mol. The molecule has 1 amide bonds. The molecule has 3 N–H and O–H groups in total. The van der Waals surface area contributed by atoms with Gasteiger partial charge in [0.1, 0.15) is 0 Å². The maximum absolute atomic E-state index is 12.0. The Morgan fingerprint density at radius 1 is 1.53 bits per heavy atom. The molecule has 92 valence electrons. The van der Waals surface area contributed by atoms with Crippen molar-refractivity contribution in [2.75, 3.05) is 12.8 Å². The molecule has 0 unspecified atom stereocenters. The van der Waals surface area contributed by atoms with Gasteiger partial charge >= 0.3 is 0 Å². The zero-order valence-corrected chi connectivity index (χ0v) is 11.2. The van der Waals surface area contributed by atoms with Crippen LogP contribution in [0.1, 0.15) is 23.2 Å². The standard InChI is InChI=1S/C12H15BrN2O2/c1-17-8-5-7(6-8)15-12(16)9-3-2-4-10(14)11(9)13/h2-4,7-8H,5-6,14H2,1H3,(H,15,16). The first-order valence-electron chi connectivity index (χ1n) is 5.49. The second-order valence-electron chi connectivity index (χ2n) is 4.21. The number of nitrogens with two attached hydrogens (primary N) is 1. The van der Waals surface area contributed by atoms with E-state index in [1.807, 2.05) is 0 Å².